The van der Waals surface area contributed by atoms with E-state index in [-0.39, 0.29) is 22.9 Å². The second-order valence-electron chi connectivity index (χ2n) is 3.01. The lowest BCUT2D eigenvalue weighted by Gasteiger charge is -2.06. The molecule has 1 aromatic heterocycles. The predicted molar refractivity (Wildman–Crippen MR) is 51.0 cm³/mol. The van der Waals surface area contributed by atoms with Crippen molar-refractivity contribution >= 4 is 11.8 Å². The van der Waals surface area contributed by atoms with Gasteiger partial charge >= 0.3 is 11.6 Å². The molecule has 0 fully saturated rings. The van der Waals surface area contributed by atoms with Crippen molar-refractivity contribution in [1.29, 1.82) is 0 Å². The molecule has 0 amide bonds. The quantitative estimate of drug-likeness (QED) is 0.539. The van der Waals surface area contributed by atoms with Gasteiger partial charge in [-0.25, -0.2) is 4.79 Å². The fourth-order valence-electron chi connectivity index (χ4n) is 1.24. The molecule has 0 saturated carbocycles. The summed E-state index contributed by atoms with van der Waals surface area (Å²) in [6, 6.07) is 0.977. The normalized spacial score (nSPS) is 9.80. The average Bonchev–Trinajstić information content (AvgIpc) is 1.99. The van der Waals surface area contributed by atoms with Crippen LogP contribution in [0.15, 0.2) is 15.3 Å². The fourth-order valence-corrected chi connectivity index (χ4v) is 1.24. The monoisotopic (exact) mass is 210 g/mol. The Kier molecular flexibility index (Phi) is 3.04. The van der Waals surface area contributed by atoms with Gasteiger partial charge in [-0.1, -0.05) is 0 Å². The van der Waals surface area contributed by atoms with Gasteiger partial charge in [-0.05, 0) is 13.8 Å². The van der Waals surface area contributed by atoms with E-state index in [2.05, 4.69) is 0 Å². The molecule has 1 heterocycles. The van der Waals surface area contributed by atoms with E-state index in [0.717, 1.165) is 6.07 Å². The lowest BCUT2D eigenvalue weighted by atomic mass is 10.1. The Morgan fingerprint density at radius 3 is 2.40 bits per heavy atom. The second kappa shape index (κ2) is 4.08. The van der Waals surface area contributed by atoms with Crippen LogP contribution in [0.5, 0.6) is 5.75 Å². The first kappa shape index (κ1) is 11.2. The van der Waals surface area contributed by atoms with Crippen molar-refractivity contribution in [2.75, 3.05) is 0 Å². The van der Waals surface area contributed by atoms with Crippen LogP contribution >= 0.6 is 0 Å². The van der Waals surface area contributed by atoms with Gasteiger partial charge in [0.15, 0.2) is 11.5 Å². The SMILES string of the molecule is CC(=O)Oc1cc(=O)oc(C)c1C(C)=O. The van der Waals surface area contributed by atoms with E-state index >= 15 is 0 Å². The van der Waals surface area contributed by atoms with Crippen LogP contribution in [0.3, 0.4) is 0 Å². The van der Waals surface area contributed by atoms with Crippen LogP contribution in [-0.4, -0.2) is 11.8 Å². The number of aryl methyl sites for hydroxylation is 1. The van der Waals surface area contributed by atoms with Gasteiger partial charge < -0.3 is 9.15 Å². The van der Waals surface area contributed by atoms with Crippen molar-refractivity contribution in [3.63, 3.8) is 0 Å². The van der Waals surface area contributed by atoms with E-state index in [1.165, 1.54) is 20.8 Å². The third kappa shape index (κ3) is 2.52. The zero-order chi connectivity index (χ0) is 11.6. The second-order valence-corrected chi connectivity index (χ2v) is 3.01. The van der Waals surface area contributed by atoms with Crippen molar-refractivity contribution < 1.29 is 18.7 Å². The first-order valence-electron chi connectivity index (χ1n) is 4.26. The van der Waals surface area contributed by atoms with E-state index in [1.54, 1.807) is 0 Å². The Balaban J connectivity index is 3.39. The van der Waals surface area contributed by atoms with Crippen LogP contribution in [0.1, 0.15) is 30.0 Å². The molecule has 5 heteroatoms. The number of rotatable bonds is 2. The van der Waals surface area contributed by atoms with Crippen molar-refractivity contribution in [2.24, 2.45) is 0 Å². The molecule has 5 nitrogen and oxygen atoms in total. The van der Waals surface area contributed by atoms with Gasteiger partial charge in [-0.15, -0.1) is 0 Å². The first-order valence-corrected chi connectivity index (χ1v) is 4.26. The van der Waals surface area contributed by atoms with E-state index in [0.29, 0.717) is 0 Å². The minimum Gasteiger partial charge on any atom is -0.427 e. The highest BCUT2D eigenvalue weighted by Crippen LogP contribution is 2.20. The molecule has 0 aliphatic rings. The molecule has 0 unspecified atom stereocenters. The minimum atomic E-state index is -0.659. The van der Waals surface area contributed by atoms with Crippen molar-refractivity contribution in [3.05, 3.63) is 27.8 Å². The number of hydrogen-bond donors (Lipinski definition) is 0. The molecule has 0 aromatic carbocycles. The Bertz CT molecular complexity index is 469. The molecule has 15 heavy (non-hydrogen) atoms. The molecule has 1 rings (SSSR count). The van der Waals surface area contributed by atoms with Gasteiger partial charge in [0.1, 0.15) is 5.76 Å². The highest BCUT2D eigenvalue weighted by molar-refractivity contribution is 5.98. The van der Waals surface area contributed by atoms with Gasteiger partial charge in [0.2, 0.25) is 0 Å². The zero-order valence-corrected chi connectivity index (χ0v) is 8.62. The molecule has 80 valence electrons. The average molecular weight is 210 g/mol. The lowest BCUT2D eigenvalue weighted by Crippen LogP contribution is -2.11. The summed E-state index contributed by atoms with van der Waals surface area (Å²) in [5, 5.41) is 0. The molecule has 0 saturated heterocycles. The topological polar surface area (TPSA) is 73.6 Å². The third-order valence-electron chi connectivity index (χ3n) is 1.71. The summed E-state index contributed by atoms with van der Waals surface area (Å²) >= 11 is 0. The standard InChI is InChI=1S/C10H10O5/c1-5(11)10-6(2)14-9(13)4-8(10)15-7(3)12/h4H,1-3H3. The van der Waals surface area contributed by atoms with Gasteiger partial charge in [-0.2, -0.15) is 0 Å². The maximum Gasteiger partial charge on any atom is 0.339 e. The number of carbonyl (C=O) groups excluding carboxylic acids is 2. The highest BCUT2D eigenvalue weighted by atomic mass is 16.5. The number of hydrogen-bond acceptors (Lipinski definition) is 5. The summed E-state index contributed by atoms with van der Waals surface area (Å²) in [6.45, 7) is 3.95. The summed E-state index contributed by atoms with van der Waals surface area (Å²) in [7, 11) is 0. The van der Waals surface area contributed by atoms with Crippen molar-refractivity contribution in [2.45, 2.75) is 20.8 Å². The molecule has 0 aliphatic carbocycles. The minimum absolute atomic E-state index is 0.0521. The Morgan fingerprint density at radius 2 is 1.93 bits per heavy atom. The number of ketones is 1. The summed E-state index contributed by atoms with van der Waals surface area (Å²) in [5.74, 6) is -0.829. The zero-order valence-electron chi connectivity index (χ0n) is 8.62. The van der Waals surface area contributed by atoms with Crippen LogP contribution in [0.25, 0.3) is 0 Å². The molecule has 0 radical (unpaired) electrons. The van der Waals surface area contributed by atoms with Crippen LogP contribution < -0.4 is 10.4 Å². The molecular weight excluding hydrogens is 200 g/mol. The summed E-state index contributed by atoms with van der Waals surface area (Å²) < 4.78 is 9.47. The Morgan fingerprint density at radius 1 is 1.33 bits per heavy atom. The van der Waals surface area contributed by atoms with Crippen LogP contribution in [-0.2, 0) is 4.79 Å². The van der Waals surface area contributed by atoms with Gasteiger partial charge in [-0.3, -0.25) is 9.59 Å². The third-order valence-corrected chi connectivity index (χ3v) is 1.71. The van der Waals surface area contributed by atoms with E-state index < -0.39 is 11.6 Å². The number of ether oxygens (including phenoxy) is 1. The van der Waals surface area contributed by atoms with Crippen LogP contribution in [0.4, 0.5) is 0 Å². The highest BCUT2D eigenvalue weighted by Gasteiger charge is 2.16. The number of Topliss-reactive ketones (excluding diaryl/α,β-unsaturated/α-hetero) is 1. The maximum atomic E-state index is 11.2. The van der Waals surface area contributed by atoms with Crippen molar-refractivity contribution in [3.8, 4) is 5.75 Å². The van der Waals surface area contributed by atoms with E-state index in [4.69, 9.17) is 9.15 Å². The molecule has 0 bridgehead atoms. The number of esters is 1. The smallest absolute Gasteiger partial charge is 0.339 e. The van der Waals surface area contributed by atoms with Gasteiger partial charge in [0, 0.05) is 6.92 Å². The lowest BCUT2D eigenvalue weighted by molar-refractivity contribution is -0.131. The molecule has 1 aromatic rings. The Hall–Kier alpha value is -1.91. The van der Waals surface area contributed by atoms with E-state index in [9.17, 15) is 14.4 Å². The van der Waals surface area contributed by atoms with Crippen LogP contribution in [0, 0.1) is 6.92 Å². The summed E-state index contributed by atoms with van der Waals surface area (Å²) in [4.78, 5) is 33.0. The predicted octanol–water partition coefficient (Wildman–Crippen LogP) is 1.08. The summed E-state index contributed by atoms with van der Waals surface area (Å²) in [5.41, 5.74) is -0.543. The first-order chi connectivity index (χ1) is 6.91. The molecule has 0 N–H and O–H groups in total. The van der Waals surface area contributed by atoms with Gasteiger partial charge in [0.05, 0.1) is 11.6 Å². The van der Waals surface area contributed by atoms with Crippen LogP contribution in [0.2, 0.25) is 0 Å². The van der Waals surface area contributed by atoms with E-state index in [1.807, 2.05) is 0 Å². The maximum absolute atomic E-state index is 11.2. The fraction of sp³-hybridized carbons (Fsp3) is 0.300. The van der Waals surface area contributed by atoms with Crippen molar-refractivity contribution in [1.82, 2.24) is 0 Å². The largest absolute Gasteiger partial charge is 0.427 e. The molecule has 0 spiro atoms. The number of carbonyl (C=O) groups is 2. The molecule has 0 atom stereocenters. The molecule has 0 aliphatic heterocycles. The molecular formula is C10H10O5. The summed E-state index contributed by atoms with van der Waals surface area (Å²) in [6.07, 6.45) is 0. The van der Waals surface area contributed by atoms with Gasteiger partial charge in [0.25, 0.3) is 0 Å². The Labute approximate surface area is 85.7 Å².